The third kappa shape index (κ3) is 2.34. The largest absolute Gasteiger partial charge is 0.490 e. The maximum absolute atomic E-state index is 12.1. The first kappa shape index (κ1) is 12.1. The smallest absolute Gasteiger partial charge is 0.314 e. The van der Waals surface area contributed by atoms with E-state index in [1.165, 1.54) is 0 Å². The maximum Gasteiger partial charge on any atom is 0.314 e. The van der Waals surface area contributed by atoms with Crippen LogP contribution in [0.3, 0.4) is 0 Å². The lowest BCUT2D eigenvalue weighted by Crippen LogP contribution is -2.26. The molecule has 1 aromatic carbocycles. The van der Waals surface area contributed by atoms with Crippen molar-refractivity contribution in [3.8, 4) is 5.75 Å². The van der Waals surface area contributed by atoms with Gasteiger partial charge in [-0.1, -0.05) is 15.9 Å². The van der Waals surface area contributed by atoms with E-state index in [0.29, 0.717) is 11.3 Å². The number of hydrogen-bond donors (Lipinski definition) is 1. The van der Waals surface area contributed by atoms with Crippen LogP contribution in [0.25, 0.3) is 0 Å². The molecule has 0 saturated carbocycles. The summed E-state index contributed by atoms with van der Waals surface area (Å²) >= 11 is 3.26. The van der Waals surface area contributed by atoms with E-state index in [2.05, 4.69) is 15.9 Å². The molecule has 2 atom stereocenters. The molecule has 0 aromatic heterocycles. The van der Waals surface area contributed by atoms with Crippen LogP contribution in [-0.4, -0.2) is 23.0 Å². The minimum absolute atomic E-state index is 0.195. The highest BCUT2D eigenvalue weighted by Gasteiger charge is 2.34. The van der Waals surface area contributed by atoms with Crippen LogP contribution in [0.4, 0.5) is 0 Å². The molecule has 0 amide bonds. The third-order valence-electron chi connectivity index (χ3n) is 2.72. The van der Waals surface area contributed by atoms with Gasteiger partial charge in [-0.2, -0.15) is 0 Å². The number of carbonyl (C=O) groups excluding carboxylic acids is 1. The Kier molecular flexibility index (Phi) is 3.19. The molecule has 4 nitrogen and oxygen atoms in total. The molecule has 0 spiro atoms. The zero-order valence-corrected chi connectivity index (χ0v) is 10.7. The second-order valence-corrected chi connectivity index (χ2v) is 4.98. The van der Waals surface area contributed by atoms with Crippen LogP contribution in [0.2, 0.25) is 0 Å². The van der Waals surface area contributed by atoms with Crippen molar-refractivity contribution in [2.45, 2.75) is 19.4 Å². The van der Waals surface area contributed by atoms with Crippen molar-refractivity contribution in [1.82, 2.24) is 0 Å². The van der Waals surface area contributed by atoms with Crippen LogP contribution in [-0.2, 0) is 4.79 Å². The first-order valence-electron chi connectivity index (χ1n) is 5.22. The van der Waals surface area contributed by atoms with Gasteiger partial charge in [-0.3, -0.25) is 9.59 Å². The molecule has 1 aliphatic heterocycles. The summed E-state index contributed by atoms with van der Waals surface area (Å²) in [4.78, 5) is 23.2. The molecule has 2 rings (SSSR count). The van der Waals surface area contributed by atoms with Crippen molar-refractivity contribution >= 4 is 27.7 Å². The number of carboxylic acid groups (broad SMARTS) is 1. The molecule has 0 radical (unpaired) electrons. The Labute approximate surface area is 107 Å². The summed E-state index contributed by atoms with van der Waals surface area (Å²) in [6.07, 6.45) is -0.0945. The van der Waals surface area contributed by atoms with E-state index in [4.69, 9.17) is 9.84 Å². The van der Waals surface area contributed by atoms with Gasteiger partial charge in [0.15, 0.2) is 5.78 Å². The summed E-state index contributed by atoms with van der Waals surface area (Å²) in [6, 6.07) is 5.05. The summed E-state index contributed by atoms with van der Waals surface area (Å²) in [5.41, 5.74) is 0.330. The lowest BCUT2D eigenvalue weighted by atomic mass is 9.94. The predicted octanol–water partition coefficient (Wildman–Crippen LogP) is 2.50. The number of carboxylic acids is 1. The second-order valence-electron chi connectivity index (χ2n) is 4.06. The van der Waals surface area contributed by atoms with E-state index in [0.717, 1.165) is 4.47 Å². The highest BCUT2D eigenvalue weighted by molar-refractivity contribution is 9.10. The number of hydrogen-bond acceptors (Lipinski definition) is 3. The standard InChI is InChI=1S/C12H11BrO4/c1-6-4-9(12(15)16)11(14)8-5-7(13)2-3-10(8)17-6/h2-3,5-6,9H,4H2,1H3,(H,15,16). The summed E-state index contributed by atoms with van der Waals surface area (Å²) in [7, 11) is 0. The first-order chi connectivity index (χ1) is 7.99. The monoisotopic (exact) mass is 298 g/mol. The Bertz CT molecular complexity index is 483. The van der Waals surface area contributed by atoms with Gasteiger partial charge in [0.25, 0.3) is 0 Å². The molecule has 2 unspecified atom stereocenters. The summed E-state index contributed by atoms with van der Waals surface area (Å²) in [5.74, 6) is -2.06. The molecular weight excluding hydrogens is 288 g/mol. The molecule has 1 heterocycles. The molecule has 0 saturated heterocycles. The number of fused-ring (bicyclic) bond motifs is 1. The van der Waals surface area contributed by atoms with Crippen LogP contribution in [0.1, 0.15) is 23.7 Å². The number of ether oxygens (including phenoxy) is 1. The molecule has 17 heavy (non-hydrogen) atoms. The summed E-state index contributed by atoms with van der Waals surface area (Å²) in [5, 5.41) is 9.06. The SMILES string of the molecule is CC1CC(C(=O)O)C(=O)c2cc(Br)ccc2O1. The average Bonchev–Trinajstić information content (AvgIpc) is 2.38. The zero-order valence-electron chi connectivity index (χ0n) is 9.14. The quantitative estimate of drug-likeness (QED) is 0.809. The van der Waals surface area contributed by atoms with E-state index in [-0.39, 0.29) is 12.5 Å². The van der Waals surface area contributed by atoms with Crippen molar-refractivity contribution < 1.29 is 19.4 Å². The Morgan fingerprint density at radius 3 is 2.88 bits per heavy atom. The molecule has 1 aliphatic rings. The molecule has 5 heteroatoms. The number of rotatable bonds is 1. The van der Waals surface area contributed by atoms with Gasteiger partial charge in [0.1, 0.15) is 11.7 Å². The van der Waals surface area contributed by atoms with Gasteiger partial charge in [0.2, 0.25) is 0 Å². The lowest BCUT2D eigenvalue weighted by Gasteiger charge is -2.12. The first-order valence-corrected chi connectivity index (χ1v) is 6.01. The number of benzene rings is 1. The minimum Gasteiger partial charge on any atom is -0.490 e. The number of aliphatic carboxylic acids is 1. The van der Waals surface area contributed by atoms with Gasteiger partial charge in [-0.05, 0) is 25.1 Å². The zero-order chi connectivity index (χ0) is 12.6. The fourth-order valence-electron chi connectivity index (χ4n) is 1.90. The second kappa shape index (κ2) is 4.49. The van der Waals surface area contributed by atoms with Gasteiger partial charge in [0, 0.05) is 10.9 Å². The van der Waals surface area contributed by atoms with Crippen LogP contribution < -0.4 is 4.74 Å². The fourth-order valence-corrected chi connectivity index (χ4v) is 2.26. The van der Waals surface area contributed by atoms with E-state index in [9.17, 15) is 9.59 Å². The molecule has 0 bridgehead atoms. The average molecular weight is 299 g/mol. The fraction of sp³-hybridized carbons (Fsp3) is 0.333. The van der Waals surface area contributed by atoms with Crippen LogP contribution in [0.15, 0.2) is 22.7 Å². The molecule has 1 N–H and O–H groups in total. The Morgan fingerprint density at radius 1 is 1.53 bits per heavy atom. The van der Waals surface area contributed by atoms with E-state index in [1.807, 2.05) is 0 Å². The number of Topliss-reactive ketones (excluding diaryl/α,β-unsaturated/α-hetero) is 1. The summed E-state index contributed by atoms with van der Waals surface area (Å²) < 4.78 is 6.29. The van der Waals surface area contributed by atoms with Gasteiger partial charge in [-0.15, -0.1) is 0 Å². The molecule has 90 valence electrons. The number of ketones is 1. The van der Waals surface area contributed by atoms with Crippen molar-refractivity contribution in [3.63, 3.8) is 0 Å². The van der Waals surface area contributed by atoms with Crippen LogP contribution >= 0.6 is 15.9 Å². The number of halogens is 1. The third-order valence-corrected chi connectivity index (χ3v) is 3.21. The lowest BCUT2D eigenvalue weighted by molar-refractivity contribution is -0.140. The van der Waals surface area contributed by atoms with Crippen LogP contribution in [0, 0.1) is 5.92 Å². The predicted molar refractivity (Wildman–Crippen MR) is 64.3 cm³/mol. The number of carbonyl (C=O) groups is 2. The van der Waals surface area contributed by atoms with Crippen molar-refractivity contribution in [1.29, 1.82) is 0 Å². The van der Waals surface area contributed by atoms with Gasteiger partial charge in [-0.25, -0.2) is 0 Å². The van der Waals surface area contributed by atoms with Crippen molar-refractivity contribution in [3.05, 3.63) is 28.2 Å². The molecule has 0 fully saturated rings. The molecular formula is C12H11BrO4. The Balaban J connectivity index is 2.51. The van der Waals surface area contributed by atoms with E-state index >= 15 is 0 Å². The van der Waals surface area contributed by atoms with Crippen molar-refractivity contribution in [2.24, 2.45) is 5.92 Å². The van der Waals surface area contributed by atoms with Crippen molar-refractivity contribution in [2.75, 3.05) is 0 Å². The van der Waals surface area contributed by atoms with E-state index < -0.39 is 17.7 Å². The normalized spacial score (nSPS) is 23.5. The minimum atomic E-state index is -1.10. The molecule has 1 aromatic rings. The highest BCUT2D eigenvalue weighted by atomic mass is 79.9. The van der Waals surface area contributed by atoms with Crippen LogP contribution in [0.5, 0.6) is 5.75 Å². The van der Waals surface area contributed by atoms with E-state index in [1.54, 1.807) is 25.1 Å². The topological polar surface area (TPSA) is 63.6 Å². The summed E-state index contributed by atoms with van der Waals surface area (Å²) in [6.45, 7) is 1.76. The van der Waals surface area contributed by atoms with Gasteiger partial charge >= 0.3 is 5.97 Å². The Hall–Kier alpha value is -1.36. The Morgan fingerprint density at radius 2 is 2.24 bits per heavy atom. The highest BCUT2D eigenvalue weighted by Crippen LogP contribution is 2.31. The van der Waals surface area contributed by atoms with Gasteiger partial charge in [0.05, 0.1) is 11.7 Å². The maximum atomic E-state index is 12.1. The van der Waals surface area contributed by atoms with Gasteiger partial charge < -0.3 is 9.84 Å². The molecule has 0 aliphatic carbocycles.